The maximum Gasteiger partial charge on any atom is 0.222 e. The Hall–Kier alpha value is -1.74. The molecule has 2 fully saturated rings. The minimum Gasteiger partial charge on any atom is -0.354 e. The van der Waals surface area contributed by atoms with Crippen molar-refractivity contribution in [2.45, 2.75) is 38.1 Å². The molecule has 0 radical (unpaired) electrons. The summed E-state index contributed by atoms with van der Waals surface area (Å²) in [6.07, 6.45) is 7.59. The van der Waals surface area contributed by atoms with E-state index in [1.165, 1.54) is 0 Å². The lowest BCUT2D eigenvalue weighted by Crippen LogP contribution is -2.52. The van der Waals surface area contributed by atoms with Crippen molar-refractivity contribution in [1.82, 2.24) is 19.8 Å². The molecule has 150 valence electrons. The molecular weight excluding hydrogens is 366 g/mol. The Labute approximate surface area is 161 Å². The molecule has 2 aliphatic rings. The molecule has 0 aliphatic carbocycles. The van der Waals surface area contributed by atoms with Crippen LogP contribution in [0.3, 0.4) is 0 Å². The van der Waals surface area contributed by atoms with Crippen molar-refractivity contribution >= 4 is 21.7 Å². The summed E-state index contributed by atoms with van der Waals surface area (Å²) in [5, 5.41) is 3.17. The third-order valence-electron chi connectivity index (χ3n) is 5.31. The zero-order chi connectivity index (χ0) is 19.1. The van der Waals surface area contributed by atoms with Crippen molar-refractivity contribution in [3.63, 3.8) is 0 Å². The van der Waals surface area contributed by atoms with Gasteiger partial charge >= 0.3 is 0 Å². The van der Waals surface area contributed by atoms with Crippen LogP contribution in [-0.4, -0.2) is 84.4 Å². The van der Waals surface area contributed by atoms with Gasteiger partial charge in [0, 0.05) is 57.6 Å². The molecule has 2 aliphatic heterocycles. The number of carbonyl (C=O) groups excluding carboxylic acids is 1. The van der Waals surface area contributed by atoms with Gasteiger partial charge in [-0.1, -0.05) is 6.42 Å². The van der Waals surface area contributed by atoms with E-state index in [0.29, 0.717) is 31.2 Å². The lowest BCUT2D eigenvalue weighted by Gasteiger charge is -2.37. The predicted molar refractivity (Wildman–Crippen MR) is 104 cm³/mol. The Balaban J connectivity index is 1.26. The van der Waals surface area contributed by atoms with Crippen molar-refractivity contribution in [2.24, 2.45) is 0 Å². The van der Waals surface area contributed by atoms with Crippen LogP contribution in [-0.2, 0) is 14.6 Å². The van der Waals surface area contributed by atoms with E-state index in [-0.39, 0.29) is 17.7 Å². The van der Waals surface area contributed by atoms with E-state index in [0.717, 1.165) is 45.3 Å². The molecule has 0 unspecified atom stereocenters. The molecule has 1 atom stereocenters. The monoisotopic (exact) mass is 395 g/mol. The van der Waals surface area contributed by atoms with Gasteiger partial charge in [0.05, 0.1) is 11.5 Å². The lowest BCUT2D eigenvalue weighted by atomic mass is 10.1. The van der Waals surface area contributed by atoms with E-state index in [2.05, 4.69) is 20.2 Å². The second-order valence-corrected chi connectivity index (χ2v) is 9.51. The van der Waals surface area contributed by atoms with Crippen LogP contribution in [0.25, 0.3) is 0 Å². The highest BCUT2D eigenvalue weighted by Gasteiger charge is 2.34. The van der Waals surface area contributed by atoms with Gasteiger partial charge < -0.3 is 10.2 Å². The van der Waals surface area contributed by atoms with Crippen molar-refractivity contribution in [1.29, 1.82) is 0 Å². The molecule has 0 bridgehead atoms. The molecule has 1 amide bonds. The fraction of sp³-hybridized carbons (Fsp3) is 0.722. The number of unbranched alkanes of at least 4 members (excludes halogenated alkanes) is 2. The topological polar surface area (TPSA) is 95.5 Å². The number of hydrogen-bond donors (Lipinski definition) is 1. The Morgan fingerprint density at radius 1 is 1.11 bits per heavy atom. The first-order valence-electron chi connectivity index (χ1n) is 9.77. The van der Waals surface area contributed by atoms with E-state index >= 15 is 0 Å². The van der Waals surface area contributed by atoms with Gasteiger partial charge in [-0.2, -0.15) is 0 Å². The van der Waals surface area contributed by atoms with Gasteiger partial charge in [-0.3, -0.25) is 9.69 Å². The van der Waals surface area contributed by atoms with Crippen LogP contribution in [0.1, 0.15) is 32.1 Å². The van der Waals surface area contributed by atoms with Gasteiger partial charge in [0.2, 0.25) is 11.9 Å². The van der Waals surface area contributed by atoms with Crippen LogP contribution in [0.15, 0.2) is 18.5 Å². The predicted octanol–water partition coefficient (Wildman–Crippen LogP) is 0.780. The summed E-state index contributed by atoms with van der Waals surface area (Å²) in [5.41, 5.74) is 0. The molecule has 1 aromatic heterocycles. The highest BCUT2D eigenvalue weighted by atomic mass is 32.2. The zero-order valence-electron chi connectivity index (χ0n) is 15.7. The molecule has 1 N–H and O–H groups in total. The van der Waals surface area contributed by atoms with Crippen LogP contribution in [0.5, 0.6) is 0 Å². The summed E-state index contributed by atoms with van der Waals surface area (Å²) in [4.78, 5) is 24.7. The summed E-state index contributed by atoms with van der Waals surface area (Å²) in [7, 11) is -2.85. The quantitative estimate of drug-likeness (QED) is 0.650. The van der Waals surface area contributed by atoms with Crippen LogP contribution >= 0.6 is 0 Å². The van der Waals surface area contributed by atoms with E-state index in [4.69, 9.17) is 0 Å². The molecule has 1 aromatic rings. The molecule has 8 nitrogen and oxygen atoms in total. The normalized spacial score (nSPS) is 22.7. The fourth-order valence-electron chi connectivity index (χ4n) is 3.73. The molecule has 2 saturated heterocycles. The molecule has 0 aromatic carbocycles. The number of aromatic nitrogens is 2. The summed E-state index contributed by atoms with van der Waals surface area (Å²) >= 11 is 0. The second kappa shape index (κ2) is 9.45. The van der Waals surface area contributed by atoms with Gasteiger partial charge in [-0.25, -0.2) is 18.4 Å². The summed E-state index contributed by atoms with van der Waals surface area (Å²) in [5.74, 6) is 1.44. The van der Waals surface area contributed by atoms with Crippen molar-refractivity contribution in [3.05, 3.63) is 18.5 Å². The van der Waals surface area contributed by atoms with Crippen molar-refractivity contribution < 1.29 is 13.2 Å². The number of carbonyl (C=O) groups is 1. The first kappa shape index (κ1) is 20.0. The third-order valence-corrected chi connectivity index (χ3v) is 7.06. The fourth-order valence-corrected chi connectivity index (χ4v) is 5.49. The molecule has 0 spiro atoms. The lowest BCUT2D eigenvalue weighted by molar-refractivity contribution is -0.133. The maximum atomic E-state index is 12.4. The Morgan fingerprint density at radius 3 is 2.52 bits per heavy atom. The van der Waals surface area contributed by atoms with Gasteiger partial charge in [0.1, 0.15) is 0 Å². The third kappa shape index (κ3) is 6.14. The zero-order valence-corrected chi connectivity index (χ0v) is 16.5. The molecule has 3 heterocycles. The van der Waals surface area contributed by atoms with Crippen molar-refractivity contribution in [3.8, 4) is 0 Å². The molecule has 0 saturated carbocycles. The largest absolute Gasteiger partial charge is 0.354 e. The average Bonchev–Trinajstić information content (AvgIpc) is 3.05. The summed E-state index contributed by atoms with van der Waals surface area (Å²) < 4.78 is 23.3. The number of hydrogen-bond acceptors (Lipinski definition) is 7. The van der Waals surface area contributed by atoms with Gasteiger partial charge in [-0.05, 0) is 25.3 Å². The smallest absolute Gasteiger partial charge is 0.222 e. The van der Waals surface area contributed by atoms with E-state index < -0.39 is 9.84 Å². The first-order chi connectivity index (χ1) is 13.0. The molecule has 9 heteroatoms. The summed E-state index contributed by atoms with van der Waals surface area (Å²) in [6.45, 7) is 3.80. The number of sulfone groups is 1. The van der Waals surface area contributed by atoms with Crippen molar-refractivity contribution in [2.75, 3.05) is 49.5 Å². The van der Waals surface area contributed by atoms with E-state index in [1.54, 1.807) is 18.5 Å². The van der Waals surface area contributed by atoms with Crippen LogP contribution in [0.4, 0.5) is 5.95 Å². The van der Waals surface area contributed by atoms with Crippen LogP contribution in [0.2, 0.25) is 0 Å². The van der Waals surface area contributed by atoms with E-state index in [9.17, 15) is 13.2 Å². The van der Waals surface area contributed by atoms with Crippen LogP contribution in [0, 0.1) is 0 Å². The maximum absolute atomic E-state index is 12.4. The second-order valence-electron chi connectivity index (χ2n) is 7.28. The van der Waals surface area contributed by atoms with E-state index in [1.807, 2.05) is 4.90 Å². The summed E-state index contributed by atoms with van der Waals surface area (Å²) in [6, 6.07) is 1.93. The Bertz CT molecular complexity index is 705. The number of nitrogens with zero attached hydrogens (tertiary/aromatic N) is 4. The van der Waals surface area contributed by atoms with Gasteiger partial charge in [0.15, 0.2) is 9.84 Å². The number of anilines is 1. The van der Waals surface area contributed by atoms with Gasteiger partial charge in [-0.15, -0.1) is 0 Å². The Morgan fingerprint density at radius 2 is 1.85 bits per heavy atom. The Kier molecular flexibility index (Phi) is 7.01. The molecular formula is C18H29N5O3S. The number of rotatable bonds is 8. The van der Waals surface area contributed by atoms with Gasteiger partial charge in [0.25, 0.3) is 0 Å². The highest BCUT2D eigenvalue weighted by Crippen LogP contribution is 2.19. The average molecular weight is 396 g/mol. The molecule has 3 rings (SSSR count). The number of amides is 1. The highest BCUT2D eigenvalue weighted by molar-refractivity contribution is 7.91. The first-order valence-corrected chi connectivity index (χ1v) is 11.6. The SMILES string of the molecule is O=C(CCCCCNc1ncccn1)N1CCN([C@H]2CCS(=O)(=O)C2)CC1. The number of piperazine rings is 1. The molecule has 27 heavy (non-hydrogen) atoms. The minimum absolute atomic E-state index is 0.147. The standard InChI is InChI=1S/C18H29N5O3S/c24-17(5-2-1-3-7-19-18-20-8-4-9-21-18)23-12-10-22(11-13-23)16-6-14-27(25,26)15-16/h4,8-9,16H,1-3,5-7,10-15H2,(H,19,20,21)/t16-/m0/s1. The minimum atomic E-state index is -2.85. The number of nitrogens with one attached hydrogen (secondary N) is 1. The van der Waals surface area contributed by atoms with Crippen LogP contribution < -0.4 is 5.32 Å².